The molecule has 26 heavy (non-hydrogen) atoms. The first-order valence-corrected chi connectivity index (χ1v) is 8.85. The minimum absolute atomic E-state index is 0.295. The number of hydrogen-bond donors (Lipinski definition) is 0. The van der Waals surface area contributed by atoms with E-state index in [1.165, 1.54) is 4.90 Å². The van der Waals surface area contributed by atoms with Gasteiger partial charge < -0.3 is 0 Å². The van der Waals surface area contributed by atoms with Crippen LogP contribution >= 0.6 is 11.6 Å². The van der Waals surface area contributed by atoms with Gasteiger partial charge in [0.15, 0.2) is 12.1 Å². The zero-order chi connectivity index (χ0) is 18.3. The quantitative estimate of drug-likeness (QED) is 0.777. The SMILES string of the molecule is CCc1ccc(N2C(=O)C3N=NN(Cc4cccc(Cl)c4)C3C2=O)cc1. The van der Waals surface area contributed by atoms with Gasteiger partial charge >= 0.3 is 0 Å². The van der Waals surface area contributed by atoms with E-state index in [1.807, 2.05) is 30.3 Å². The molecule has 0 saturated carbocycles. The topological polar surface area (TPSA) is 65.3 Å². The van der Waals surface area contributed by atoms with Crippen LogP contribution in [-0.4, -0.2) is 28.9 Å². The predicted molar refractivity (Wildman–Crippen MR) is 97.7 cm³/mol. The lowest BCUT2D eigenvalue weighted by Gasteiger charge is -2.20. The van der Waals surface area contributed by atoms with E-state index >= 15 is 0 Å². The summed E-state index contributed by atoms with van der Waals surface area (Å²) in [4.78, 5) is 26.9. The summed E-state index contributed by atoms with van der Waals surface area (Å²) in [7, 11) is 0. The van der Waals surface area contributed by atoms with Crippen molar-refractivity contribution in [2.45, 2.75) is 32.0 Å². The van der Waals surface area contributed by atoms with Crippen molar-refractivity contribution in [1.29, 1.82) is 0 Å². The van der Waals surface area contributed by atoms with Crippen molar-refractivity contribution in [3.8, 4) is 0 Å². The molecule has 0 aliphatic carbocycles. The van der Waals surface area contributed by atoms with Crippen LogP contribution in [0.1, 0.15) is 18.1 Å². The number of rotatable bonds is 4. The van der Waals surface area contributed by atoms with Gasteiger partial charge in [-0.3, -0.25) is 14.6 Å². The number of fused-ring (bicyclic) bond motifs is 1. The Morgan fingerprint density at radius 3 is 2.50 bits per heavy atom. The van der Waals surface area contributed by atoms with Gasteiger partial charge in [-0.25, -0.2) is 4.90 Å². The van der Waals surface area contributed by atoms with E-state index in [1.54, 1.807) is 23.2 Å². The molecule has 1 fully saturated rings. The molecule has 4 rings (SSSR count). The minimum atomic E-state index is -0.785. The molecule has 132 valence electrons. The van der Waals surface area contributed by atoms with E-state index in [0.29, 0.717) is 17.3 Å². The minimum Gasteiger partial charge on any atom is -0.271 e. The molecule has 2 aliphatic rings. The van der Waals surface area contributed by atoms with Crippen molar-refractivity contribution in [1.82, 2.24) is 5.01 Å². The molecule has 2 amide bonds. The Bertz CT molecular complexity index is 897. The second-order valence-electron chi connectivity index (χ2n) is 6.35. The number of aryl methyl sites for hydroxylation is 1. The summed E-state index contributed by atoms with van der Waals surface area (Å²) in [5, 5.41) is 10.3. The Labute approximate surface area is 156 Å². The first-order chi connectivity index (χ1) is 12.6. The molecule has 2 aromatic carbocycles. The van der Waals surface area contributed by atoms with Gasteiger partial charge in [0.2, 0.25) is 0 Å². The number of anilines is 1. The zero-order valence-corrected chi connectivity index (χ0v) is 14.9. The Hall–Kier alpha value is -2.73. The maximum absolute atomic E-state index is 12.9. The lowest BCUT2D eigenvalue weighted by molar-refractivity contribution is -0.123. The Morgan fingerprint density at radius 2 is 1.81 bits per heavy atom. The molecule has 2 unspecified atom stereocenters. The summed E-state index contributed by atoms with van der Waals surface area (Å²) < 4.78 is 0. The molecule has 1 saturated heterocycles. The van der Waals surface area contributed by atoms with Crippen molar-refractivity contribution in [2.75, 3.05) is 4.90 Å². The van der Waals surface area contributed by atoms with Gasteiger partial charge in [0.1, 0.15) is 0 Å². The van der Waals surface area contributed by atoms with Crippen LogP contribution in [0.5, 0.6) is 0 Å². The van der Waals surface area contributed by atoms with Gasteiger partial charge in [-0.05, 0) is 41.8 Å². The average Bonchev–Trinajstić information content (AvgIpc) is 3.16. The fourth-order valence-electron chi connectivity index (χ4n) is 3.31. The van der Waals surface area contributed by atoms with E-state index in [-0.39, 0.29) is 11.8 Å². The fourth-order valence-corrected chi connectivity index (χ4v) is 3.52. The Morgan fingerprint density at radius 1 is 1.04 bits per heavy atom. The maximum Gasteiger partial charge on any atom is 0.263 e. The summed E-state index contributed by atoms with van der Waals surface area (Å²) in [6, 6.07) is 13.3. The Balaban J connectivity index is 1.58. The molecular formula is C19H17ClN4O2. The third-order valence-electron chi connectivity index (χ3n) is 4.69. The monoisotopic (exact) mass is 368 g/mol. The average molecular weight is 369 g/mol. The van der Waals surface area contributed by atoms with Crippen LogP contribution in [0.2, 0.25) is 5.02 Å². The molecule has 2 aliphatic heterocycles. The number of imide groups is 1. The van der Waals surface area contributed by atoms with Crippen LogP contribution in [-0.2, 0) is 22.6 Å². The van der Waals surface area contributed by atoms with Crippen LogP contribution in [0.3, 0.4) is 0 Å². The highest BCUT2D eigenvalue weighted by Crippen LogP contribution is 2.33. The van der Waals surface area contributed by atoms with Crippen molar-refractivity contribution < 1.29 is 9.59 Å². The van der Waals surface area contributed by atoms with Crippen molar-refractivity contribution in [3.05, 3.63) is 64.7 Å². The van der Waals surface area contributed by atoms with E-state index in [9.17, 15) is 9.59 Å². The van der Waals surface area contributed by atoms with Gasteiger partial charge in [-0.15, -0.1) is 0 Å². The standard InChI is InChI=1S/C19H17ClN4O2/c1-2-12-6-8-15(9-7-12)24-18(25)16-17(19(24)26)23(22-21-16)11-13-4-3-5-14(20)10-13/h3-10,16-17H,2,11H2,1H3. The number of carbonyl (C=O) groups is 2. The van der Waals surface area contributed by atoms with Crippen molar-refractivity contribution in [2.24, 2.45) is 10.3 Å². The first kappa shape index (κ1) is 16.7. The van der Waals surface area contributed by atoms with Gasteiger partial charge in [-0.2, -0.15) is 5.11 Å². The molecule has 2 aromatic rings. The van der Waals surface area contributed by atoms with E-state index in [0.717, 1.165) is 17.5 Å². The normalized spacial score (nSPS) is 21.6. The van der Waals surface area contributed by atoms with Crippen LogP contribution in [0.15, 0.2) is 58.9 Å². The molecule has 0 radical (unpaired) electrons. The number of hydrogen-bond acceptors (Lipinski definition) is 5. The van der Waals surface area contributed by atoms with Gasteiger partial charge in [-0.1, -0.05) is 48.0 Å². The lowest BCUT2D eigenvalue weighted by atomic mass is 10.1. The van der Waals surface area contributed by atoms with Crippen LogP contribution < -0.4 is 4.90 Å². The molecule has 2 atom stereocenters. The highest BCUT2D eigenvalue weighted by atomic mass is 35.5. The fraction of sp³-hybridized carbons (Fsp3) is 0.263. The first-order valence-electron chi connectivity index (χ1n) is 8.47. The van der Waals surface area contributed by atoms with Gasteiger partial charge in [0.05, 0.1) is 12.2 Å². The number of nitrogens with zero attached hydrogens (tertiary/aromatic N) is 4. The van der Waals surface area contributed by atoms with E-state index in [2.05, 4.69) is 17.3 Å². The second kappa shape index (κ2) is 6.53. The number of halogens is 1. The second-order valence-corrected chi connectivity index (χ2v) is 6.79. The molecule has 2 heterocycles. The summed E-state index contributed by atoms with van der Waals surface area (Å²) in [6.45, 7) is 2.42. The van der Waals surface area contributed by atoms with Crippen LogP contribution in [0, 0.1) is 0 Å². The highest BCUT2D eigenvalue weighted by molar-refractivity contribution is 6.30. The van der Waals surface area contributed by atoms with Crippen molar-refractivity contribution >= 4 is 29.1 Å². The van der Waals surface area contributed by atoms with Gasteiger partial charge in [0, 0.05) is 5.02 Å². The molecule has 0 bridgehead atoms. The van der Waals surface area contributed by atoms with Gasteiger partial charge in [0.25, 0.3) is 11.8 Å². The summed E-state index contributed by atoms with van der Waals surface area (Å²) >= 11 is 6.02. The summed E-state index contributed by atoms with van der Waals surface area (Å²) in [6.07, 6.45) is 0.898. The molecule has 7 heteroatoms. The third kappa shape index (κ3) is 2.76. The smallest absolute Gasteiger partial charge is 0.263 e. The zero-order valence-electron chi connectivity index (χ0n) is 14.2. The maximum atomic E-state index is 12.9. The molecule has 6 nitrogen and oxygen atoms in total. The van der Waals surface area contributed by atoms with Crippen LogP contribution in [0.4, 0.5) is 5.69 Å². The predicted octanol–water partition coefficient (Wildman–Crippen LogP) is 3.40. The van der Waals surface area contributed by atoms with E-state index in [4.69, 9.17) is 11.6 Å². The van der Waals surface area contributed by atoms with Crippen molar-refractivity contribution in [3.63, 3.8) is 0 Å². The number of carbonyl (C=O) groups excluding carboxylic acids is 2. The largest absolute Gasteiger partial charge is 0.271 e. The number of benzene rings is 2. The highest BCUT2D eigenvalue weighted by Gasteiger charge is 2.54. The third-order valence-corrected chi connectivity index (χ3v) is 4.93. The summed E-state index contributed by atoms with van der Waals surface area (Å²) in [5.41, 5.74) is 2.63. The Kier molecular flexibility index (Phi) is 4.20. The molecular weight excluding hydrogens is 352 g/mol. The summed E-state index contributed by atoms with van der Waals surface area (Å²) in [5.74, 6) is -0.627. The van der Waals surface area contributed by atoms with E-state index < -0.39 is 12.1 Å². The molecule has 0 aromatic heterocycles. The number of amides is 2. The molecule has 0 N–H and O–H groups in total. The lowest BCUT2D eigenvalue weighted by Crippen LogP contribution is -2.39. The van der Waals surface area contributed by atoms with Crippen LogP contribution in [0.25, 0.3) is 0 Å². The molecule has 0 spiro atoms.